The van der Waals surface area contributed by atoms with E-state index in [-0.39, 0.29) is 0 Å². The molecule has 0 amide bonds. The van der Waals surface area contributed by atoms with Crippen molar-refractivity contribution in [1.29, 1.82) is 0 Å². The van der Waals surface area contributed by atoms with Crippen LogP contribution in [0.1, 0.15) is 18.2 Å². The van der Waals surface area contributed by atoms with Gasteiger partial charge in [-0.15, -0.1) is 0 Å². The van der Waals surface area contributed by atoms with Gasteiger partial charge in [0.15, 0.2) is 0 Å². The van der Waals surface area contributed by atoms with Crippen molar-refractivity contribution < 1.29 is 0 Å². The van der Waals surface area contributed by atoms with Crippen LogP contribution in [0, 0.1) is 6.92 Å². The van der Waals surface area contributed by atoms with Gasteiger partial charge in [-0.3, -0.25) is 4.98 Å². The maximum absolute atomic E-state index is 4.49. The Morgan fingerprint density at radius 1 is 1.44 bits per heavy atom. The van der Waals surface area contributed by atoms with Crippen molar-refractivity contribution in [2.45, 2.75) is 13.8 Å². The molecule has 1 aromatic rings. The Balaban J connectivity index is 2.26. The minimum Gasteiger partial charge on any atom is -0.368 e. The highest BCUT2D eigenvalue weighted by molar-refractivity contribution is 5.63. The molecule has 0 radical (unpaired) electrons. The number of hydrogen-bond acceptors (Lipinski definition) is 3. The van der Waals surface area contributed by atoms with Crippen molar-refractivity contribution in [3.05, 3.63) is 35.7 Å². The number of aryl methyl sites for hydroxylation is 1. The fourth-order valence-electron chi connectivity index (χ4n) is 2.13. The largest absolute Gasteiger partial charge is 0.368 e. The second kappa shape index (κ2) is 5.12. The number of aromatic nitrogens is 1. The van der Waals surface area contributed by atoms with E-state index in [1.54, 1.807) is 0 Å². The number of allylic oxidation sites excluding steroid dienone is 1. The van der Waals surface area contributed by atoms with Gasteiger partial charge in [0.1, 0.15) is 0 Å². The molecule has 3 nitrogen and oxygen atoms in total. The first kappa shape index (κ1) is 11.1. The molecular formula is C13H19N3. The van der Waals surface area contributed by atoms with Crippen molar-refractivity contribution in [3.63, 3.8) is 0 Å². The summed E-state index contributed by atoms with van der Waals surface area (Å²) in [6.45, 7) is 8.46. The Hall–Kier alpha value is -1.35. The first-order chi connectivity index (χ1) is 7.83. The summed E-state index contributed by atoms with van der Waals surface area (Å²) in [6, 6.07) is 4.11. The molecule has 16 heavy (non-hydrogen) atoms. The van der Waals surface area contributed by atoms with Crippen LogP contribution in [0.4, 0.5) is 0 Å². The molecule has 0 saturated carbocycles. The zero-order chi connectivity index (χ0) is 11.4. The van der Waals surface area contributed by atoms with E-state index in [9.17, 15) is 0 Å². The molecule has 0 unspecified atom stereocenters. The lowest BCUT2D eigenvalue weighted by atomic mass is 10.1. The minimum absolute atomic E-state index is 1.06. The standard InChI is InChI=1S/C13H19N3/c1-3-12(16-9-7-14-8-10-16)13-11(2)5-4-6-15-13/h3-6,14H,7-10H2,1-2H3/b12-3+. The van der Waals surface area contributed by atoms with Crippen molar-refractivity contribution in [1.82, 2.24) is 15.2 Å². The van der Waals surface area contributed by atoms with E-state index in [0.717, 1.165) is 31.9 Å². The first-order valence-electron chi connectivity index (χ1n) is 5.87. The molecule has 1 fully saturated rings. The van der Waals surface area contributed by atoms with Crippen LogP contribution in [0.15, 0.2) is 24.4 Å². The highest BCUT2D eigenvalue weighted by Gasteiger charge is 2.15. The van der Waals surface area contributed by atoms with Gasteiger partial charge in [0, 0.05) is 32.4 Å². The van der Waals surface area contributed by atoms with E-state index in [0.29, 0.717) is 0 Å². The number of piperazine rings is 1. The molecule has 0 aliphatic carbocycles. The van der Waals surface area contributed by atoms with Crippen LogP contribution in [0.25, 0.3) is 5.70 Å². The Kier molecular flexibility index (Phi) is 3.57. The summed E-state index contributed by atoms with van der Waals surface area (Å²) in [6.07, 6.45) is 4.04. The average molecular weight is 217 g/mol. The van der Waals surface area contributed by atoms with Crippen LogP contribution in [0.5, 0.6) is 0 Å². The summed E-state index contributed by atoms with van der Waals surface area (Å²) >= 11 is 0. The maximum Gasteiger partial charge on any atom is 0.0888 e. The van der Waals surface area contributed by atoms with Crippen molar-refractivity contribution in [2.75, 3.05) is 26.2 Å². The summed E-state index contributed by atoms with van der Waals surface area (Å²) in [4.78, 5) is 6.90. The van der Waals surface area contributed by atoms with Crippen LogP contribution >= 0.6 is 0 Å². The summed E-state index contributed by atoms with van der Waals surface area (Å²) in [5.41, 5.74) is 3.63. The average Bonchev–Trinajstić information content (AvgIpc) is 2.34. The number of rotatable bonds is 2. The third-order valence-corrected chi connectivity index (χ3v) is 2.98. The zero-order valence-corrected chi connectivity index (χ0v) is 10.0. The topological polar surface area (TPSA) is 28.2 Å². The molecule has 0 spiro atoms. The first-order valence-corrected chi connectivity index (χ1v) is 5.87. The van der Waals surface area contributed by atoms with E-state index in [2.05, 4.69) is 41.2 Å². The quantitative estimate of drug-likeness (QED) is 0.816. The second-order valence-electron chi connectivity index (χ2n) is 4.08. The van der Waals surface area contributed by atoms with Gasteiger partial charge < -0.3 is 10.2 Å². The summed E-state index contributed by atoms with van der Waals surface area (Å²) in [5, 5.41) is 3.37. The number of pyridine rings is 1. The summed E-state index contributed by atoms with van der Waals surface area (Å²) in [7, 11) is 0. The molecule has 1 aliphatic rings. The number of nitrogens with one attached hydrogen (secondary N) is 1. The van der Waals surface area contributed by atoms with E-state index in [4.69, 9.17) is 0 Å². The fourth-order valence-corrected chi connectivity index (χ4v) is 2.13. The lowest BCUT2D eigenvalue weighted by molar-refractivity contribution is 0.339. The summed E-state index contributed by atoms with van der Waals surface area (Å²) < 4.78 is 0. The molecule has 3 heteroatoms. The van der Waals surface area contributed by atoms with Crippen LogP contribution in [0.3, 0.4) is 0 Å². The molecule has 2 heterocycles. The van der Waals surface area contributed by atoms with Crippen molar-refractivity contribution >= 4 is 5.70 Å². The Bertz CT molecular complexity index is 379. The van der Waals surface area contributed by atoms with Crippen LogP contribution in [-0.2, 0) is 0 Å². The van der Waals surface area contributed by atoms with Gasteiger partial charge in [0.25, 0.3) is 0 Å². The van der Waals surface area contributed by atoms with Gasteiger partial charge in [0.05, 0.1) is 11.4 Å². The van der Waals surface area contributed by atoms with E-state index < -0.39 is 0 Å². The van der Waals surface area contributed by atoms with Gasteiger partial charge in [-0.05, 0) is 25.5 Å². The van der Waals surface area contributed by atoms with E-state index >= 15 is 0 Å². The van der Waals surface area contributed by atoms with Gasteiger partial charge in [-0.1, -0.05) is 12.1 Å². The molecule has 86 valence electrons. The van der Waals surface area contributed by atoms with Crippen LogP contribution in [0.2, 0.25) is 0 Å². The molecule has 0 atom stereocenters. The molecule has 1 N–H and O–H groups in total. The maximum atomic E-state index is 4.49. The molecule has 1 saturated heterocycles. The lowest BCUT2D eigenvalue weighted by Gasteiger charge is -2.31. The number of hydrogen-bond donors (Lipinski definition) is 1. The van der Waals surface area contributed by atoms with Crippen LogP contribution < -0.4 is 5.32 Å². The molecule has 0 bridgehead atoms. The van der Waals surface area contributed by atoms with E-state index in [1.165, 1.54) is 11.3 Å². The van der Waals surface area contributed by atoms with E-state index in [1.807, 2.05) is 12.3 Å². The normalized spacial score (nSPS) is 17.6. The highest BCUT2D eigenvalue weighted by Crippen LogP contribution is 2.20. The molecule has 1 aliphatic heterocycles. The smallest absolute Gasteiger partial charge is 0.0888 e. The molecule has 1 aromatic heterocycles. The fraction of sp³-hybridized carbons (Fsp3) is 0.462. The minimum atomic E-state index is 1.06. The van der Waals surface area contributed by atoms with Crippen molar-refractivity contribution in [3.8, 4) is 0 Å². The number of nitrogens with zero attached hydrogens (tertiary/aromatic N) is 2. The predicted molar refractivity (Wildman–Crippen MR) is 67.1 cm³/mol. The third-order valence-electron chi connectivity index (χ3n) is 2.98. The predicted octanol–water partition coefficient (Wildman–Crippen LogP) is 1.66. The zero-order valence-electron chi connectivity index (χ0n) is 10.0. The van der Waals surface area contributed by atoms with Gasteiger partial charge in [0.2, 0.25) is 0 Å². The van der Waals surface area contributed by atoms with Crippen molar-refractivity contribution in [2.24, 2.45) is 0 Å². The van der Waals surface area contributed by atoms with Gasteiger partial charge >= 0.3 is 0 Å². The Labute approximate surface area is 97.2 Å². The second-order valence-corrected chi connectivity index (χ2v) is 4.08. The molecular weight excluding hydrogens is 198 g/mol. The lowest BCUT2D eigenvalue weighted by Crippen LogP contribution is -2.42. The Morgan fingerprint density at radius 2 is 2.19 bits per heavy atom. The highest BCUT2D eigenvalue weighted by atomic mass is 15.2. The van der Waals surface area contributed by atoms with Crippen LogP contribution in [-0.4, -0.2) is 36.1 Å². The SMILES string of the molecule is C/C=C(\c1ncccc1C)N1CCNCC1. The summed E-state index contributed by atoms with van der Waals surface area (Å²) in [5.74, 6) is 0. The van der Waals surface area contributed by atoms with Gasteiger partial charge in [-0.25, -0.2) is 0 Å². The monoisotopic (exact) mass is 217 g/mol. The third kappa shape index (κ3) is 2.25. The molecule has 0 aromatic carbocycles. The molecule has 2 rings (SSSR count). The Morgan fingerprint density at radius 3 is 2.81 bits per heavy atom. The van der Waals surface area contributed by atoms with Gasteiger partial charge in [-0.2, -0.15) is 0 Å².